The predicted octanol–water partition coefficient (Wildman–Crippen LogP) is 2.92. The highest BCUT2D eigenvalue weighted by Gasteiger charge is 1.99. The van der Waals surface area contributed by atoms with Crippen LogP contribution in [0, 0.1) is 0 Å². The van der Waals surface area contributed by atoms with Crippen molar-refractivity contribution in [3.05, 3.63) is 12.2 Å². The first-order valence-electron chi connectivity index (χ1n) is 4.48. The molecule has 0 heterocycles. The lowest BCUT2D eigenvalue weighted by atomic mass is 10.4. The standard InChI is InChI=1S/C7H11NO2.C3H8/c1-4-5-8-10-7(9)6(2)3;1-3-2/h5H,2,4H2,1,3H3;3H2,1-2H3. The number of oxime groups is 1. The Morgan fingerprint density at radius 3 is 2.23 bits per heavy atom. The summed E-state index contributed by atoms with van der Waals surface area (Å²) >= 11 is 0. The third-order valence-corrected chi connectivity index (χ3v) is 0.741. The molecule has 0 saturated heterocycles. The number of hydrogen-bond acceptors (Lipinski definition) is 3. The molecule has 0 fully saturated rings. The van der Waals surface area contributed by atoms with Crippen molar-refractivity contribution in [1.29, 1.82) is 0 Å². The van der Waals surface area contributed by atoms with Gasteiger partial charge in [0.15, 0.2) is 0 Å². The van der Waals surface area contributed by atoms with Crippen molar-refractivity contribution in [3.8, 4) is 0 Å². The Balaban J connectivity index is 0. The van der Waals surface area contributed by atoms with Gasteiger partial charge in [0, 0.05) is 11.8 Å². The van der Waals surface area contributed by atoms with E-state index in [1.54, 1.807) is 6.92 Å². The summed E-state index contributed by atoms with van der Waals surface area (Å²) in [6, 6.07) is 0. The van der Waals surface area contributed by atoms with Gasteiger partial charge in [-0.1, -0.05) is 38.9 Å². The summed E-state index contributed by atoms with van der Waals surface area (Å²) in [5, 5.41) is 3.38. The quantitative estimate of drug-likeness (QED) is 0.293. The Kier molecular flexibility index (Phi) is 12.1. The second kappa shape index (κ2) is 10.9. The van der Waals surface area contributed by atoms with Crippen LogP contribution in [-0.4, -0.2) is 12.2 Å². The molecule has 0 bridgehead atoms. The highest BCUT2D eigenvalue weighted by atomic mass is 16.7. The SMILES string of the molecule is C=C(C)C(=O)ON=CCC.CCC. The van der Waals surface area contributed by atoms with E-state index >= 15 is 0 Å². The lowest BCUT2D eigenvalue weighted by Crippen LogP contribution is -1.99. The number of rotatable bonds is 3. The van der Waals surface area contributed by atoms with Crippen LogP contribution in [0.5, 0.6) is 0 Å². The van der Waals surface area contributed by atoms with Crippen LogP contribution in [0.3, 0.4) is 0 Å². The maximum absolute atomic E-state index is 10.6. The second-order valence-corrected chi connectivity index (χ2v) is 2.56. The number of nitrogens with zero attached hydrogens (tertiary/aromatic N) is 1. The van der Waals surface area contributed by atoms with Crippen molar-refractivity contribution >= 4 is 12.2 Å². The minimum atomic E-state index is -0.482. The van der Waals surface area contributed by atoms with Gasteiger partial charge in [0.2, 0.25) is 0 Å². The summed E-state index contributed by atoms with van der Waals surface area (Å²) in [6.07, 6.45) is 3.52. The number of carbonyl (C=O) groups is 1. The summed E-state index contributed by atoms with van der Waals surface area (Å²) in [4.78, 5) is 15.0. The smallest absolute Gasteiger partial charge is 0.314 e. The fraction of sp³-hybridized carbons (Fsp3) is 0.600. The largest absolute Gasteiger partial charge is 0.360 e. The molecule has 0 saturated carbocycles. The predicted molar refractivity (Wildman–Crippen MR) is 55.7 cm³/mol. The van der Waals surface area contributed by atoms with Crippen molar-refractivity contribution < 1.29 is 9.63 Å². The Bertz CT molecular complexity index is 174. The topological polar surface area (TPSA) is 38.7 Å². The molecule has 0 aliphatic heterocycles. The van der Waals surface area contributed by atoms with E-state index in [1.165, 1.54) is 12.6 Å². The van der Waals surface area contributed by atoms with Crippen LogP contribution < -0.4 is 0 Å². The molecule has 0 aliphatic carbocycles. The Morgan fingerprint density at radius 2 is 1.92 bits per heavy atom. The monoisotopic (exact) mass is 185 g/mol. The van der Waals surface area contributed by atoms with Gasteiger partial charge in [-0.3, -0.25) is 0 Å². The molecule has 76 valence electrons. The van der Waals surface area contributed by atoms with Gasteiger partial charge in [-0.15, -0.1) is 0 Å². The van der Waals surface area contributed by atoms with E-state index in [4.69, 9.17) is 0 Å². The van der Waals surface area contributed by atoms with E-state index in [1.807, 2.05) is 6.92 Å². The van der Waals surface area contributed by atoms with E-state index in [2.05, 4.69) is 30.4 Å². The molecule has 3 heteroatoms. The Morgan fingerprint density at radius 1 is 1.46 bits per heavy atom. The molecular formula is C10H19NO2. The third kappa shape index (κ3) is 13.8. The van der Waals surface area contributed by atoms with E-state index in [0.717, 1.165) is 6.42 Å². The van der Waals surface area contributed by atoms with Gasteiger partial charge in [0.1, 0.15) is 0 Å². The van der Waals surface area contributed by atoms with E-state index < -0.39 is 5.97 Å². The molecule has 0 aromatic carbocycles. The van der Waals surface area contributed by atoms with Crippen LogP contribution in [-0.2, 0) is 9.63 Å². The van der Waals surface area contributed by atoms with E-state index in [-0.39, 0.29) is 0 Å². The molecule has 0 unspecified atom stereocenters. The van der Waals surface area contributed by atoms with Gasteiger partial charge >= 0.3 is 5.97 Å². The maximum Gasteiger partial charge on any atom is 0.360 e. The molecule has 0 aromatic heterocycles. The molecule has 0 N–H and O–H groups in total. The molecule has 3 nitrogen and oxygen atoms in total. The first-order valence-corrected chi connectivity index (χ1v) is 4.48. The van der Waals surface area contributed by atoms with Crippen LogP contribution in [0.1, 0.15) is 40.5 Å². The minimum absolute atomic E-state index is 0.355. The highest BCUT2D eigenvalue weighted by Crippen LogP contribution is 1.91. The molecule has 0 aromatic rings. The Hall–Kier alpha value is -1.12. The van der Waals surface area contributed by atoms with E-state index in [0.29, 0.717) is 5.57 Å². The molecule has 13 heavy (non-hydrogen) atoms. The first kappa shape index (κ1) is 14.4. The summed E-state index contributed by atoms with van der Waals surface area (Å²) < 4.78 is 0. The average Bonchev–Trinajstić information content (AvgIpc) is 2.06. The van der Waals surface area contributed by atoms with Crippen molar-refractivity contribution in [3.63, 3.8) is 0 Å². The van der Waals surface area contributed by atoms with Crippen molar-refractivity contribution in [2.45, 2.75) is 40.5 Å². The first-order chi connectivity index (χ1) is 6.09. The zero-order valence-corrected chi connectivity index (χ0v) is 8.96. The molecule has 0 radical (unpaired) electrons. The molecule has 0 spiro atoms. The second-order valence-electron chi connectivity index (χ2n) is 2.56. The maximum atomic E-state index is 10.6. The van der Waals surface area contributed by atoms with Crippen LogP contribution >= 0.6 is 0 Å². The van der Waals surface area contributed by atoms with Crippen LogP contribution in [0.2, 0.25) is 0 Å². The number of carbonyl (C=O) groups excluding carboxylic acids is 1. The Labute approximate surface area is 80.5 Å². The van der Waals surface area contributed by atoms with Gasteiger partial charge in [0.05, 0.1) is 0 Å². The van der Waals surface area contributed by atoms with Crippen LogP contribution in [0.25, 0.3) is 0 Å². The molecule has 0 aliphatic rings. The van der Waals surface area contributed by atoms with E-state index in [9.17, 15) is 4.79 Å². The van der Waals surface area contributed by atoms with Crippen molar-refractivity contribution in [2.75, 3.05) is 0 Å². The zero-order valence-electron chi connectivity index (χ0n) is 8.96. The van der Waals surface area contributed by atoms with Gasteiger partial charge < -0.3 is 4.84 Å². The van der Waals surface area contributed by atoms with Crippen molar-refractivity contribution in [2.24, 2.45) is 5.16 Å². The minimum Gasteiger partial charge on any atom is -0.314 e. The molecule has 0 rings (SSSR count). The van der Waals surface area contributed by atoms with Gasteiger partial charge in [-0.25, -0.2) is 4.79 Å². The van der Waals surface area contributed by atoms with Crippen molar-refractivity contribution in [1.82, 2.24) is 0 Å². The molecular weight excluding hydrogens is 166 g/mol. The van der Waals surface area contributed by atoms with Gasteiger partial charge in [-0.2, -0.15) is 0 Å². The summed E-state index contributed by atoms with van der Waals surface area (Å²) in [7, 11) is 0. The lowest BCUT2D eigenvalue weighted by molar-refractivity contribution is -0.138. The summed E-state index contributed by atoms with van der Waals surface area (Å²) in [5.74, 6) is -0.482. The third-order valence-electron chi connectivity index (χ3n) is 0.741. The lowest BCUT2D eigenvalue weighted by Gasteiger charge is -1.92. The fourth-order valence-electron chi connectivity index (χ4n) is 0.238. The molecule has 0 amide bonds. The fourth-order valence-corrected chi connectivity index (χ4v) is 0.238. The summed E-state index contributed by atoms with van der Waals surface area (Å²) in [6.45, 7) is 11.1. The summed E-state index contributed by atoms with van der Waals surface area (Å²) in [5.41, 5.74) is 0.355. The highest BCUT2D eigenvalue weighted by molar-refractivity contribution is 5.87. The van der Waals surface area contributed by atoms with Gasteiger partial charge in [0.25, 0.3) is 0 Å². The van der Waals surface area contributed by atoms with Crippen LogP contribution in [0.15, 0.2) is 17.3 Å². The van der Waals surface area contributed by atoms with Gasteiger partial charge in [-0.05, 0) is 13.3 Å². The van der Waals surface area contributed by atoms with Crippen LogP contribution in [0.4, 0.5) is 0 Å². The molecule has 0 atom stereocenters. The zero-order chi connectivity index (χ0) is 10.7. The number of hydrogen-bond donors (Lipinski definition) is 0. The average molecular weight is 185 g/mol. The normalized spacial score (nSPS) is 8.92.